The maximum absolute atomic E-state index is 5.82. The molecule has 2 rings (SSSR count). The smallest absolute Gasteiger partial charge is 0.0719 e. The molecule has 1 saturated carbocycles. The zero-order valence-corrected chi connectivity index (χ0v) is 12.3. The quantitative estimate of drug-likeness (QED) is 0.686. The largest absolute Gasteiger partial charge is 0.377 e. The molecule has 0 heterocycles. The Bertz CT molecular complexity index is 371. The number of benzene rings is 1. The van der Waals surface area contributed by atoms with Gasteiger partial charge in [-0.3, -0.25) is 0 Å². The van der Waals surface area contributed by atoms with E-state index in [9.17, 15) is 0 Å². The molecule has 1 N–H and O–H groups in total. The summed E-state index contributed by atoms with van der Waals surface area (Å²) in [6.45, 7) is 7.10. The molecule has 1 aromatic carbocycles. The van der Waals surface area contributed by atoms with Gasteiger partial charge in [0, 0.05) is 12.6 Å². The van der Waals surface area contributed by atoms with Crippen LogP contribution < -0.4 is 5.32 Å². The highest BCUT2D eigenvalue weighted by Crippen LogP contribution is 2.32. The van der Waals surface area contributed by atoms with Gasteiger partial charge in [-0.2, -0.15) is 0 Å². The number of rotatable bonds is 9. The van der Waals surface area contributed by atoms with Crippen molar-refractivity contribution in [2.45, 2.75) is 52.2 Å². The monoisotopic (exact) mass is 261 g/mol. The second-order valence-corrected chi connectivity index (χ2v) is 5.91. The molecule has 1 aromatic rings. The maximum atomic E-state index is 5.82. The molecule has 0 saturated heterocycles. The van der Waals surface area contributed by atoms with Gasteiger partial charge in [0.2, 0.25) is 0 Å². The van der Waals surface area contributed by atoms with Crippen molar-refractivity contribution in [2.24, 2.45) is 5.92 Å². The Morgan fingerprint density at radius 2 is 1.95 bits per heavy atom. The van der Waals surface area contributed by atoms with Gasteiger partial charge in [0.25, 0.3) is 0 Å². The Balaban J connectivity index is 1.73. The van der Waals surface area contributed by atoms with Gasteiger partial charge >= 0.3 is 0 Å². The van der Waals surface area contributed by atoms with Crippen molar-refractivity contribution < 1.29 is 4.74 Å². The molecule has 0 unspecified atom stereocenters. The summed E-state index contributed by atoms with van der Waals surface area (Å²) in [7, 11) is 0. The Morgan fingerprint density at radius 1 is 1.21 bits per heavy atom. The van der Waals surface area contributed by atoms with Gasteiger partial charge in [-0.15, -0.1) is 0 Å². The van der Waals surface area contributed by atoms with Gasteiger partial charge in [0.05, 0.1) is 6.61 Å². The predicted octanol–water partition coefficient (Wildman–Crippen LogP) is 3.54. The van der Waals surface area contributed by atoms with Crippen LogP contribution in [0.1, 0.15) is 44.2 Å². The van der Waals surface area contributed by atoms with E-state index in [2.05, 4.69) is 43.4 Å². The first kappa shape index (κ1) is 14.5. The second-order valence-electron chi connectivity index (χ2n) is 5.91. The third kappa shape index (κ3) is 5.75. The minimum Gasteiger partial charge on any atom is -0.377 e. The van der Waals surface area contributed by atoms with Crippen LogP contribution in [0.15, 0.2) is 24.3 Å². The van der Waals surface area contributed by atoms with E-state index in [1.165, 1.54) is 30.4 Å². The minimum absolute atomic E-state index is 0.557. The lowest BCUT2D eigenvalue weighted by Crippen LogP contribution is -2.25. The van der Waals surface area contributed by atoms with Crippen LogP contribution in [0.4, 0.5) is 0 Å². The molecule has 2 nitrogen and oxygen atoms in total. The summed E-state index contributed by atoms with van der Waals surface area (Å²) in [6, 6.07) is 9.21. The fourth-order valence-electron chi connectivity index (χ4n) is 2.28. The van der Waals surface area contributed by atoms with Crippen molar-refractivity contribution >= 4 is 0 Å². The third-order valence-electron chi connectivity index (χ3n) is 3.69. The highest BCUT2D eigenvalue weighted by molar-refractivity contribution is 5.26. The van der Waals surface area contributed by atoms with Crippen LogP contribution in [-0.4, -0.2) is 19.2 Å². The molecular weight excluding hydrogens is 234 g/mol. The van der Waals surface area contributed by atoms with Crippen molar-refractivity contribution in [3.8, 4) is 0 Å². The molecule has 1 fully saturated rings. The summed E-state index contributed by atoms with van der Waals surface area (Å²) in [5.41, 5.74) is 2.77. The standard InChI is InChI=1S/C17H27NO/c1-14(2)18-11-9-16-5-3-4-6-17(16)13-19-12-10-15-7-8-15/h3-6,14-15,18H,7-13H2,1-2H3. The summed E-state index contributed by atoms with van der Waals surface area (Å²) in [5.74, 6) is 0.963. The fraction of sp³-hybridized carbons (Fsp3) is 0.647. The van der Waals surface area contributed by atoms with Crippen LogP contribution in [0.2, 0.25) is 0 Å². The lowest BCUT2D eigenvalue weighted by Gasteiger charge is -2.12. The summed E-state index contributed by atoms with van der Waals surface area (Å²) in [4.78, 5) is 0. The normalized spacial score (nSPS) is 15.1. The van der Waals surface area contributed by atoms with E-state index in [1.54, 1.807) is 0 Å². The Kier molecular flexibility index (Phi) is 5.87. The molecule has 0 amide bonds. The van der Waals surface area contributed by atoms with Crippen molar-refractivity contribution in [3.05, 3.63) is 35.4 Å². The zero-order valence-electron chi connectivity index (χ0n) is 12.3. The van der Waals surface area contributed by atoms with Crippen LogP contribution in [0.3, 0.4) is 0 Å². The molecule has 1 aliphatic carbocycles. The summed E-state index contributed by atoms with van der Waals surface area (Å²) in [6.07, 6.45) is 5.17. The predicted molar refractivity (Wildman–Crippen MR) is 80.3 cm³/mol. The molecule has 0 aliphatic heterocycles. The number of ether oxygens (including phenoxy) is 1. The highest BCUT2D eigenvalue weighted by atomic mass is 16.5. The highest BCUT2D eigenvalue weighted by Gasteiger charge is 2.20. The number of hydrogen-bond acceptors (Lipinski definition) is 2. The van der Waals surface area contributed by atoms with E-state index in [-0.39, 0.29) is 0 Å². The van der Waals surface area contributed by atoms with Crippen molar-refractivity contribution in [2.75, 3.05) is 13.2 Å². The van der Waals surface area contributed by atoms with E-state index in [4.69, 9.17) is 4.74 Å². The molecule has 0 spiro atoms. The van der Waals surface area contributed by atoms with Crippen LogP contribution >= 0.6 is 0 Å². The van der Waals surface area contributed by atoms with Gasteiger partial charge in [0.15, 0.2) is 0 Å². The topological polar surface area (TPSA) is 21.3 Å². The molecule has 1 aliphatic rings. The molecule has 106 valence electrons. The average Bonchev–Trinajstić information content (AvgIpc) is 3.20. The molecule has 0 bridgehead atoms. The zero-order chi connectivity index (χ0) is 13.5. The van der Waals surface area contributed by atoms with Gasteiger partial charge in [-0.05, 0) is 36.4 Å². The number of hydrogen-bond donors (Lipinski definition) is 1. The number of nitrogens with one attached hydrogen (secondary N) is 1. The lowest BCUT2D eigenvalue weighted by molar-refractivity contribution is 0.114. The van der Waals surface area contributed by atoms with Gasteiger partial charge in [0.1, 0.15) is 0 Å². The van der Waals surface area contributed by atoms with E-state index < -0.39 is 0 Å². The second kappa shape index (κ2) is 7.66. The maximum Gasteiger partial charge on any atom is 0.0719 e. The van der Waals surface area contributed by atoms with Crippen LogP contribution in [-0.2, 0) is 17.8 Å². The van der Waals surface area contributed by atoms with Gasteiger partial charge in [-0.1, -0.05) is 51.0 Å². The minimum atomic E-state index is 0.557. The van der Waals surface area contributed by atoms with E-state index >= 15 is 0 Å². The first-order valence-electron chi connectivity index (χ1n) is 7.63. The molecule has 0 radical (unpaired) electrons. The van der Waals surface area contributed by atoms with Crippen LogP contribution in [0.5, 0.6) is 0 Å². The summed E-state index contributed by atoms with van der Waals surface area (Å²) < 4.78 is 5.82. The molecular formula is C17H27NO. The van der Waals surface area contributed by atoms with Crippen molar-refractivity contribution in [1.82, 2.24) is 5.32 Å². The molecule has 0 atom stereocenters. The van der Waals surface area contributed by atoms with E-state index in [0.717, 1.165) is 32.1 Å². The Morgan fingerprint density at radius 3 is 2.63 bits per heavy atom. The SMILES string of the molecule is CC(C)NCCc1ccccc1COCCC1CC1. The van der Waals surface area contributed by atoms with Crippen molar-refractivity contribution in [1.29, 1.82) is 0 Å². The van der Waals surface area contributed by atoms with E-state index in [1.807, 2.05) is 0 Å². The lowest BCUT2D eigenvalue weighted by atomic mass is 10.1. The van der Waals surface area contributed by atoms with Crippen molar-refractivity contribution in [3.63, 3.8) is 0 Å². The molecule has 0 aromatic heterocycles. The fourth-order valence-corrected chi connectivity index (χ4v) is 2.28. The first-order valence-corrected chi connectivity index (χ1v) is 7.63. The van der Waals surface area contributed by atoms with Crippen LogP contribution in [0.25, 0.3) is 0 Å². The first-order chi connectivity index (χ1) is 9.25. The Hall–Kier alpha value is -0.860. The summed E-state index contributed by atoms with van der Waals surface area (Å²) >= 11 is 0. The van der Waals surface area contributed by atoms with Crippen LogP contribution in [0, 0.1) is 5.92 Å². The average molecular weight is 261 g/mol. The van der Waals surface area contributed by atoms with Gasteiger partial charge in [-0.25, -0.2) is 0 Å². The van der Waals surface area contributed by atoms with Gasteiger partial charge < -0.3 is 10.1 Å². The Labute approximate surface area is 117 Å². The molecule has 2 heteroatoms. The van der Waals surface area contributed by atoms with E-state index in [0.29, 0.717) is 6.04 Å². The summed E-state index contributed by atoms with van der Waals surface area (Å²) in [5, 5.41) is 3.47. The molecule has 19 heavy (non-hydrogen) atoms. The third-order valence-corrected chi connectivity index (χ3v) is 3.69.